The van der Waals surface area contributed by atoms with E-state index in [4.69, 9.17) is 4.74 Å². The lowest BCUT2D eigenvalue weighted by molar-refractivity contribution is -0.149. The molecule has 4 rings (SSSR count). The third-order valence-corrected chi connectivity index (χ3v) is 4.95. The van der Waals surface area contributed by atoms with Crippen LogP contribution < -0.4 is 0 Å². The number of carbonyl (C=O) groups is 1. The van der Waals surface area contributed by atoms with Gasteiger partial charge >= 0.3 is 5.97 Å². The number of hydrogen-bond donors (Lipinski definition) is 2. The number of carbonyl (C=O) groups excluding carboxylic acids is 1. The molecule has 0 aliphatic carbocycles. The summed E-state index contributed by atoms with van der Waals surface area (Å²) >= 11 is 0. The lowest BCUT2D eigenvalue weighted by atomic mass is 9.91. The summed E-state index contributed by atoms with van der Waals surface area (Å²) in [7, 11) is 0. The highest BCUT2D eigenvalue weighted by molar-refractivity contribution is 5.97. The van der Waals surface area contributed by atoms with Crippen molar-refractivity contribution in [1.82, 2.24) is 0 Å². The third-order valence-electron chi connectivity index (χ3n) is 4.95. The van der Waals surface area contributed by atoms with Gasteiger partial charge in [0.2, 0.25) is 5.76 Å². The fraction of sp³-hybridized carbons (Fsp3) is 0.136. The maximum absolute atomic E-state index is 11.5. The van der Waals surface area contributed by atoms with Crippen LogP contribution >= 0.6 is 0 Å². The Morgan fingerprint density at radius 2 is 1.69 bits per heavy atom. The zero-order valence-electron chi connectivity index (χ0n) is 14.5. The molecule has 3 aromatic carbocycles. The van der Waals surface area contributed by atoms with Gasteiger partial charge in [0, 0.05) is 5.56 Å². The first-order chi connectivity index (χ1) is 12.4. The molecule has 2 N–H and O–H groups in total. The molecule has 0 bridgehead atoms. The van der Waals surface area contributed by atoms with Crippen LogP contribution in [-0.2, 0) is 15.1 Å². The number of cyclic esters (lactones) is 1. The van der Waals surface area contributed by atoms with E-state index in [-0.39, 0.29) is 0 Å². The Hall–Kier alpha value is -3.27. The second kappa shape index (κ2) is 5.63. The number of benzene rings is 3. The fourth-order valence-corrected chi connectivity index (χ4v) is 3.42. The molecule has 1 atom stereocenters. The summed E-state index contributed by atoms with van der Waals surface area (Å²) < 4.78 is 5.18. The first kappa shape index (κ1) is 16.2. The molecule has 1 unspecified atom stereocenters. The maximum atomic E-state index is 11.5. The number of hydrogen-bond acceptors (Lipinski definition) is 4. The minimum atomic E-state index is -1.37. The van der Waals surface area contributed by atoms with Crippen LogP contribution in [0.4, 0.5) is 0 Å². The molecule has 3 aromatic rings. The molecule has 0 aromatic heterocycles. The predicted octanol–water partition coefficient (Wildman–Crippen LogP) is 4.91. The normalized spacial score (nSPS) is 19.8. The number of fused-ring (bicyclic) bond motifs is 1. The van der Waals surface area contributed by atoms with Crippen molar-refractivity contribution in [2.75, 3.05) is 0 Å². The van der Waals surface area contributed by atoms with Gasteiger partial charge in [-0.1, -0.05) is 66.2 Å². The Bertz CT molecular complexity index is 1060. The number of aliphatic hydroxyl groups excluding tert-OH is 2. The van der Waals surface area contributed by atoms with Crippen LogP contribution in [0.15, 0.2) is 72.2 Å². The zero-order valence-corrected chi connectivity index (χ0v) is 14.5. The standard InChI is InChI=1S/C22H18O4/c1-13-6-11-18-15(12-13)4-3-5-17(18)14-7-9-16(10-8-14)22(2)20(24)19(23)21(25)26-22/h3-12,23-24H,1-2H3. The minimum absolute atomic E-state index is 0.462. The van der Waals surface area contributed by atoms with E-state index < -0.39 is 23.1 Å². The molecule has 1 heterocycles. The molecular formula is C22H18O4. The first-order valence-corrected chi connectivity index (χ1v) is 8.36. The average molecular weight is 346 g/mol. The summed E-state index contributed by atoms with van der Waals surface area (Å²) in [5, 5.41) is 22.0. The van der Waals surface area contributed by atoms with Crippen LogP contribution in [0.5, 0.6) is 0 Å². The topological polar surface area (TPSA) is 66.8 Å². The average Bonchev–Trinajstić information content (AvgIpc) is 2.85. The summed E-state index contributed by atoms with van der Waals surface area (Å²) in [6.45, 7) is 3.62. The van der Waals surface area contributed by atoms with E-state index in [1.54, 1.807) is 19.1 Å². The van der Waals surface area contributed by atoms with Gasteiger partial charge in [0.15, 0.2) is 11.4 Å². The molecule has 1 aliphatic heterocycles. The first-order valence-electron chi connectivity index (χ1n) is 8.36. The van der Waals surface area contributed by atoms with Gasteiger partial charge in [-0.2, -0.15) is 0 Å². The van der Waals surface area contributed by atoms with Crippen LogP contribution in [0.3, 0.4) is 0 Å². The van der Waals surface area contributed by atoms with Crippen molar-refractivity contribution < 1.29 is 19.7 Å². The molecule has 0 fully saturated rings. The molecule has 0 saturated heterocycles. The van der Waals surface area contributed by atoms with Crippen molar-refractivity contribution in [3.8, 4) is 11.1 Å². The van der Waals surface area contributed by atoms with Gasteiger partial charge in [-0.15, -0.1) is 0 Å². The van der Waals surface area contributed by atoms with Gasteiger partial charge in [-0.05, 0) is 35.7 Å². The number of esters is 1. The number of rotatable bonds is 2. The van der Waals surface area contributed by atoms with Crippen molar-refractivity contribution in [1.29, 1.82) is 0 Å². The van der Waals surface area contributed by atoms with Crippen molar-refractivity contribution in [2.24, 2.45) is 0 Å². The van der Waals surface area contributed by atoms with Gasteiger partial charge in [0.1, 0.15) is 0 Å². The quantitative estimate of drug-likeness (QED) is 0.647. The number of aliphatic hydroxyl groups is 2. The summed E-state index contributed by atoms with van der Waals surface area (Å²) in [6.07, 6.45) is 0. The van der Waals surface area contributed by atoms with Crippen LogP contribution in [0.1, 0.15) is 18.1 Å². The van der Waals surface area contributed by atoms with Crippen molar-refractivity contribution >= 4 is 16.7 Å². The van der Waals surface area contributed by atoms with Crippen LogP contribution in [-0.4, -0.2) is 16.2 Å². The van der Waals surface area contributed by atoms with E-state index in [9.17, 15) is 15.0 Å². The molecule has 1 aliphatic rings. The third kappa shape index (κ3) is 2.34. The highest BCUT2D eigenvalue weighted by Crippen LogP contribution is 2.40. The SMILES string of the molecule is Cc1ccc2c(-c3ccc(C4(C)OC(=O)C(O)=C4O)cc3)cccc2c1. The Balaban J connectivity index is 1.77. The van der Waals surface area contributed by atoms with E-state index in [2.05, 4.69) is 37.3 Å². The van der Waals surface area contributed by atoms with Gasteiger partial charge in [-0.3, -0.25) is 0 Å². The van der Waals surface area contributed by atoms with Crippen molar-refractivity contribution in [3.05, 3.63) is 83.3 Å². The highest BCUT2D eigenvalue weighted by Gasteiger charge is 2.46. The Kier molecular flexibility index (Phi) is 3.51. The van der Waals surface area contributed by atoms with E-state index in [0.717, 1.165) is 16.5 Å². The molecule has 130 valence electrons. The lowest BCUT2D eigenvalue weighted by Crippen LogP contribution is -2.25. The molecule has 26 heavy (non-hydrogen) atoms. The fourth-order valence-electron chi connectivity index (χ4n) is 3.42. The second-order valence-corrected chi connectivity index (χ2v) is 6.73. The molecule has 0 radical (unpaired) electrons. The van der Waals surface area contributed by atoms with Crippen molar-refractivity contribution in [3.63, 3.8) is 0 Å². The summed E-state index contributed by atoms with van der Waals surface area (Å²) in [5.74, 6) is -2.12. The van der Waals surface area contributed by atoms with E-state index in [1.165, 1.54) is 10.9 Å². The number of aryl methyl sites for hydroxylation is 1. The van der Waals surface area contributed by atoms with E-state index >= 15 is 0 Å². The molecule has 4 nitrogen and oxygen atoms in total. The zero-order chi connectivity index (χ0) is 18.5. The minimum Gasteiger partial charge on any atom is -0.505 e. The molecule has 4 heteroatoms. The van der Waals surface area contributed by atoms with E-state index in [0.29, 0.717) is 5.56 Å². The molecule has 0 saturated carbocycles. The van der Waals surface area contributed by atoms with Crippen LogP contribution in [0.2, 0.25) is 0 Å². The Morgan fingerprint density at radius 3 is 2.35 bits per heavy atom. The summed E-state index contributed by atoms with van der Waals surface area (Å²) in [4.78, 5) is 11.5. The lowest BCUT2D eigenvalue weighted by Gasteiger charge is -2.23. The largest absolute Gasteiger partial charge is 0.505 e. The number of ether oxygens (including phenoxy) is 1. The van der Waals surface area contributed by atoms with Gasteiger partial charge in [-0.25, -0.2) is 4.79 Å². The summed E-state index contributed by atoms with van der Waals surface area (Å²) in [6, 6.07) is 20.0. The predicted molar refractivity (Wildman–Crippen MR) is 99.8 cm³/mol. The summed E-state index contributed by atoms with van der Waals surface area (Å²) in [5.41, 5.74) is 2.56. The Labute approximate surface area is 151 Å². The smallest absolute Gasteiger partial charge is 0.378 e. The maximum Gasteiger partial charge on any atom is 0.378 e. The van der Waals surface area contributed by atoms with Crippen molar-refractivity contribution in [2.45, 2.75) is 19.4 Å². The van der Waals surface area contributed by atoms with Crippen LogP contribution in [0, 0.1) is 6.92 Å². The van der Waals surface area contributed by atoms with Gasteiger partial charge in [0.25, 0.3) is 0 Å². The molecular weight excluding hydrogens is 328 g/mol. The second-order valence-electron chi connectivity index (χ2n) is 6.73. The van der Waals surface area contributed by atoms with Gasteiger partial charge in [0.05, 0.1) is 0 Å². The van der Waals surface area contributed by atoms with E-state index in [1.807, 2.05) is 18.2 Å². The molecule has 0 amide bonds. The Morgan fingerprint density at radius 1 is 0.962 bits per heavy atom. The highest BCUT2D eigenvalue weighted by atomic mass is 16.6. The van der Waals surface area contributed by atoms with Crippen LogP contribution in [0.25, 0.3) is 21.9 Å². The van der Waals surface area contributed by atoms with Gasteiger partial charge < -0.3 is 14.9 Å². The monoisotopic (exact) mass is 346 g/mol. The molecule has 0 spiro atoms.